The molecule has 1 atom stereocenters. The molecule has 0 spiro atoms. The van der Waals surface area contributed by atoms with E-state index in [1.54, 1.807) is 7.11 Å². The van der Waals surface area contributed by atoms with Crippen LogP contribution in [0.3, 0.4) is 0 Å². The van der Waals surface area contributed by atoms with Gasteiger partial charge in [-0.15, -0.1) is 0 Å². The molecule has 1 aromatic rings. The molecule has 0 amide bonds. The summed E-state index contributed by atoms with van der Waals surface area (Å²) in [5.74, 6) is 0.924. The summed E-state index contributed by atoms with van der Waals surface area (Å²) in [6.07, 6.45) is 1.09. The zero-order valence-corrected chi connectivity index (χ0v) is 11.9. The highest BCUT2D eigenvalue weighted by atomic mass is 16.5. The molecule has 0 aromatic heterocycles. The average Bonchev–Trinajstić information content (AvgIpc) is 2.34. The van der Waals surface area contributed by atoms with Crippen molar-refractivity contribution in [2.45, 2.75) is 26.3 Å². The van der Waals surface area contributed by atoms with Crippen LogP contribution in [0.15, 0.2) is 36.4 Å². The van der Waals surface area contributed by atoms with Crippen molar-refractivity contribution in [3.63, 3.8) is 0 Å². The van der Waals surface area contributed by atoms with E-state index < -0.39 is 0 Å². The predicted molar refractivity (Wildman–Crippen MR) is 75.9 cm³/mol. The first kappa shape index (κ1) is 13.2. The van der Waals surface area contributed by atoms with Gasteiger partial charge in [-0.05, 0) is 31.2 Å². The van der Waals surface area contributed by atoms with Gasteiger partial charge in [0.2, 0.25) is 0 Å². The minimum absolute atomic E-state index is 0.0966. The van der Waals surface area contributed by atoms with Crippen LogP contribution in [0.4, 0.5) is 0 Å². The van der Waals surface area contributed by atoms with E-state index in [4.69, 9.17) is 4.74 Å². The first-order chi connectivity index (χ1) is 8.46. The number of likely N-dealkylation sites (tertiary alicyclic amines) is 1. The van der Waals surface area contributed by atoms with E-state index in [0.717, 1.165) is 18.7 Å². The molecule has 0 bridgehead atoms. The molecule has 0 saturated carbocycles. The van der Waals surface area contributed by atoms with Gasteiger partial charge in [0.1, 0.15) is 5.75 Å². The van der Waals surface area contributed by atoms with E-state index >= 15 is 0 Å². The van der Waals surface area contributed by atoms with Gasteiger partial charge in [-0.3, -0.25) is 4.90 Å². The number of nitrogens with zero attached hydrogens (tertiary/aromatic N) is 1. The van der Waals surface area contributed by atoms with Crippen molar-refractivity contribution < 1.29 is 4.74 Å². The number of hydrogen-bond donors (Lipinski definition) is 0. The Morgan fingerprint density at radius 3 is 2.78 bits per heavy atom. The largest absolute Gasteiger partial charge is 0.497 e. The van der Waals surface area contributed by atoms with E-state index in [1.165, 1.54) is 11.1 Å². The van der Waals surface area contributed by atoms with Gasteiger partial charge in [0.15, 0.2) is 0 Å². The molecule has 2 nitrogen and oxygen atoms in total. The van der Waals surface area contributed by atoms with Crippen LogP contribution in [0.25, 0.3) is 0 Å². The molecule has 1 saturated heterocycles. The van der Waals surface area contributed by atoms with Crippen LogP contribution in [0.5, 0.6) is 5.75 Å². The predicted octanol–water partition coefficient (Wildman–Crippen LogP) is 3.65. The third kappa shape index (κ3) is 2.17. The fourth-order valence-electron chi connectivity index (χ4n) is 2.99. The van der Waals surface area contributed by atoms with Crippen molar-refractivity contribution in [2.24, 2.45) is 5.41 Å². The van der Waals surface area contributed by atoms with Gasteiger partial charge < -0.3 is 4.74 Å². The SMILES string of the molecule is C=C1CCN(C)C(c2cccc(OC)c2)C1(C)C. The Bertz CT molecular complexity index is 450. The quantitative estimate of drug-likeness (QED) is 0.737. The zero-order chi connectivity index (χ0) is 13.3. The van der Waals surface area contributed by atoms with Gasteiger partial charge in [-0.25, -0.2) is 0 Å². The molecule has 1 aromatic carbocycles. The van der Waals surface area contributed by atoms with E-state index in [9.17, 15) is 0 Å². The lowest BCUT2D eigenvalue weighted by molar-refractivity contribution is 0.105. The normalized spacial score (nSPS) is 24.0. The molecule has 0 radical (unpaired) electrons. The third-order valence-electron chi connectivity index (χ3n) is 4.21. The number of piperidine rings is 1. The lowest BCUT2D eigenvalue weighted by Crippen LogP contribution is -2.42. The molecule has 1 heterocycles. The zero-order valence-electron chi connectivity index (χ0n) is 11.9. The second kappa shape index (κ2) is 4.77. The summed E-state index contributed by atoms with van der Waals surface area (Å²) in [5, 5.41) is 0. The summed E-state index contributed by atoms with van der Waals surface area (Å²) in [6, 6.07) is 8.75. The summed E-state index contributed by atoms with van der Waals surface area (Å²) in [5.41, 5.74) is 2.75. The number of methoxy groups -OCH3 is 1. The lowest BCUT2D eigenvalue weighted by atomic mass is 9.71. The molecule has 98 valence electrons. The smallest absolute Gasteiger partial charge is 0.119 e. The van der Waals surface area contributed by atoms with Gasteiger partial charge in [0.05, 0.1) is 7.11 Å². The fraction of sp³-hybridized carbons (Fsp3) is 0.500. The van der Waals surface area contributed by atoms with Gasteiger partial charge in [-0.1, -0.05) is 38.1 Å². The van der Waals surface area contributed by atoms with Crippen LogP contribution in [0.2, 0.25) is 0 Å². The van der Waals surface area contributed by atoms with Crippen LogP contribution in [0.1, 0.15) is 31.9 Å². The van der Waals surface area contributed by atoms with E-state index in [-0.39, 0.29) is 5.41 Å². The Morgan fingerprint density at radius 1 is 1.39 bits per heavy atom. The Morgan fingerprint density at radius 2 is 2.11 bits per heavy atom. The van der Waals surface area contributed by atoms with Crippen LogP contribution in [-0.4, -0.2) is 25.6 Å². The first-order valence-electron chi connectivity index (χ1n) is 6.49. The summed E-state index contributed by atoms with van der Waals surface area (Å²) >= 11 is 0. The summed E-state index contributed by atoms with van der Waals surface area (Å²) in [7, 11) is 3.91. The molecule has 1 unspecified atom stereocenters. The lowest BCUT2D eigenvalue weighted by Gasteiger charge is -2.46. The molecule has 18 heavy (non-hydrogen) atoms. The van der Waals surface area contributed by atoms with Gasteiger partial charge in [-0.2, -0.15) is 0 Å². The second-order valence-electron chi connectivity index (χ2n) is 5.73. The van der Waals surface area contributed by atoms with Crippen molar-refractivity contribution in [1.29, 1.82) is 0 Å². The molecular weight excluding hydrogens is 222 g/mol. The maximum atomic E-state index is 5.33. The van der Waals surface area contributed by atoms with E-state index in [0.29, 0.717) is 6.04 Å². The van der Waals surface area contributed by atoms with Crippen molar-refractivity contribution in [1.82, 2.24) is 4.90 Å². The van der Waals surface area contributed by atoms with Crippen LogP contribution < -0.4 is 4.74 Å². The number of ether oxygens (including phenoxy) is 1. The highest BCUT2D eigenvalue weighted by Crippen LogP contribution is 2.47. The minimum Gasteiger partial charge on any atom is -0.497 e. The Labute approximate surface area is 110 Å². The molecule has 1 aliphatic heterocycles. The first-order valence-corrected chi connectivity index (χ1v) is 6.49. The van der Waals surface area contributed by atoms with Crippen molar-refractivity contribution in [3.05, 3.63) is 42.0 Å². The molecule has 0 N–H and O–H groups in total. The summed E-state index contributed by atoms with van der Waals surface area (Å²) in [6.45, 7) is 9.91. The maximum absolute atomic E-state index is 5.33. The standard InChI is InChI=1S/C16H23NO/c1-12-9-10-17(4)15(16(12,2)3)13-7-6-8-14(11-13)18-5/h6-8,11,15H,1,9-10H2,2-5H3. The Hall–Kier alpha value is -1.28. The van der Waals surface area contributed by atoms with Crippen molar-refractivity contribution in [2.75, 3.05) is 20.7 Å². The topological polar surface area (TPSA) is 12.5 Å². The van der Waals surface area contributed by atoms with Crippen molar-refractivity contribution >= 4 is 0 Å². The fourth-order valence-corrected chi connectivity index (χ4v) is 2.99. The molecule has 2 rings (SSSR count). The molecule has 1 fully saturated rings. The average molecular weight is 245 g/mol. The highest BCUT2D eigenvalue weighted by molar-refractivity contribution is 5.34. The summed E-state index contributed by atoms with van der Waals surface area (Å²) in [4.78, 5) is 2.42. The van der Waals surface area contributed by atoms with Gasteiger partial charge in [0.25, 0.3) is 0 Å². The molecule has 0 aliphatic carbocycles. The monoisotopic (exact) mass is 245 g/mol. The highest BCUT2D eigenvalue weighted by Gasteiger charge is 2.39. The van der Waals surface area contributed by atoms with Gasteiger partial charge in [0, 0.05) is 18.0 Å². The summed E-state index contributed by atoms with van der Waals surface area (Å²) < 4.78 is 5.33. The number of rotatable bonds is 2. The van der Waals surface area contributed by atoms with E-state index in [2.05, 4.69) is 50.6 Å². The van der Waals surface area contributed by atoms with Crippen molar-refractivity contribution in [3.8, 4) is 5.75 Å². The molecular formula is C16H23NO. The van der Waals surface area contributed by atoms with E-state index in [1.807, 2.05) is 6.07 Å². The maximum Gasteiger partial charge on any atom is 0.119 e. The van der Waals surface area contributed by atoms with Crippen LogP contribution in [0, 0.1) is 5.41 Å². The van der Waals surface area contributed by atoms with Crippen LogP contribution in [-0.2, 0) is 0 Å². The Kier molecular flexibility index (Phi) is 3.49. The Balaban J connectivity index is 2.42. The second-order valence-corrected chi connectivity index (χ2v) is 5.73. The minimum atomic E-state index is 0.0966. The molecule has 2 heteroatoms. The number of benzene rings is 1. The van der Waals surface area contributed by atoms with Crippen LogP contribution >= 0.6 is 0 Å². The molecule has 1 aliphatic rings. The third-order valence-corrected chi connectivity index (χ3v) is 4.21. The number of hydrogen-bond acceptors (Lipinski definition) is 2. The van der Waals surface area contributed by atoms with Gasteiger partial charge >= 0.3 is 0 Å².